The highest BCUT2D eigenvalue weighted by Crippen LogP contribution is 2.43. The first kappa shape index (κ1) is 14.5. The average Bonchev–Trinajstić information content (AvgIpc) is 3.41. The van der Waals surface area contributed by atoms with Crippen molar-refractivity contribution in [2.45, 2.75) is 18.3 Å². The number of aromatic nitrogens is 1. The molecule has 3 heteroatoms. The summed E-state index contributed by atoms with van der Waals surface area (Å²) in [4.78, 5) is 7.42. The van der Waals surface area contributed by atoms with E-state index in [4.69, 9.17) is 9.40 Å². The SMILES string of the molecule is c1ccc2c(c1)oc1c(-c3ccc(C45CCN(CC4)C5)cn3)cccc12. The number of hydrogen-bond donors (Lipinski definition) is 0. The molecule has 3 nitrogen and oxygen atoms in total. The van der Waals surface area contributed by atoms with Gasteiger partial charge in [-0.1, -0.05) is 36.4 Å². The number of benzene rings is 2. The van der Waals surface area contributed by atoms with E-state index in [1.54, 1.807) is 0 Å². The minimum atomic E-state index is 0.344. The predicted octanol–water partition coefficient (Wildman–Crippen LogP) is 5.00. The van der Waals surface area contributed by atoms with Crippen LogP contribution in [-0.4, -0.2) is 29.5 Å². The van der Waals surface area contributed by atoms with Crippen LogP contribution < -0.4 is 0 Å². The Labute approximate surface area is 152 Å². The molecule has 0 N–H and O–H groups in total. The number of hydrogen-bond acceptors (Lipinski definition) is 3. The summed E-state index contributed by atoms with van der Waals surface area (Å²) in [5, 5.41) is 2.32. The molecule has 0 aliphatic carbocycles. The van der Waals surface area contributed by atoms with Crippen LogP contribution in [0.25, 0.3) is 33.2 Å². The van der Waals surface area contributed by atoms with Gasteiger partial charge >= 0.3 is 0 Å². The summed E-state index contributed by atoms with van der Waals surface area (Å²) in [5.74, 6) is 0. The number of nitrogens with zero attached hydrogens (tertiary/aromatic N) is 2. The molecule has 128 valence electrons. The maximum Gasteiger partial charge on any atom is 0.144 e. The third-order valence-corrected chi connectivity index (χ3v) is 6.40. The molecule has 4 heterocycles. The molecule has 0 amide bonds. The van der Waals surface area contributed by atoms with Gasteiger partial charge in [0, 0.05) is 34.5 Å². The second-order valence-electron chi connectivity index (χ2n) is 7.77. The maximum absolute atomic E-state index is 6.17. The Balaban J connectivity index is 1.47. The van der Waals surface area contributed by atoms with E-state index >= 15 is 0 Å². The number of piperidine rings is 1. The van der Waals surface area contributed by atoms with E-state index in [9.17, 15) is 0 Å². The molecule has 0 atom stereocenters. The highest BCUT2D eigenvalue weighted by Gasteiger charge is 2.44. The molecule has 2 fully saturated rings. The molecule has 2 aliphatic heterocycles. The van der Waals surface area contributed by atoms with Crippen LogP contribution in [0.3, 0.4) is 0 Å². The molecule has 0 unspecified atom stereocenters. The first-order chi connectivity index (χ1) is 12.8. The molecule has 26 heavy (non-hydrogen) atoms. The van der Waals surface area contributed by atoms with Crippen molar-refractivity contribution < 1.29 is 4.42 Å². The molecule has 2 bridgehead atoms. The van der Waals surface area contributed by atoms with Gasteiger partial charge in [-0.25, -0.2) is 0 Å². The van der Waals surface area contributed by atoms with Crippen LogP contribution in [0, 0.1) is 0 Å². The van der Waals surface area contributed by atoms with Gasteiger partial charge in [0.1, 0.15) is 11.2 Å². The summed E-state index contributed by atoms with van der Waals surface area (Å²) in [5.41, 5.74) is 5.67. The van der Waals surface area contributed by atoms with Crippen LogP contribution in [0.15, 0.2) is 65.2 Å². The fraction of sp³-hybridized carbons (Fsp3) is 0.261. The molecule has 6 rings (SSSR count). The zero-order valence-corrected chi connectivity index (χ0v) is 14.6. The van der Waals surface area contributed by atoms with Gasteiger partial charge in [0.15, 0.2) is 0 Å². The van der Waals surface area contributed by atoms with Crippen molar-refractivity contribution in [3.63, 3.8) is 0 Å². The van der Waals surface area contributed by atoms with Crippen molar-refractivity contribution in [3.8, 4) is 11.3 Å². The molecular formula is C23H20N2O. The average molecular weight is 340 g/mol. The Morgan fingerprint density at radius 1 is 0.885 bits per heavy atom. The number of fused-ring (bicyclic) bond motifs is 5. The summed E-state index contributed by atoms with van der Waals surface area (Å²) in [6.45, 7) is 3.67. The van der Waals surface area contributed by atoms with E-state index in [-0.39, 0.29) is 0 Å². The second-order valence-corrected chi connectivity index (χ2v) is 7.77. The second kappa shape index (κ2) is 5.18. The molecule has 0 radical (unpaired) electrons. The van der Waals surface area contributed by atoms with Crippen LogP contribution in [-0.2, 0) is 5.41 Å². The Bertz CT molecular complexity index is 1120. The van der Waals surface area contributed by atoms with E-state index in [2.05, 4.69) is 53.6 Å². The van der Waals surface area contributed by atoms with Crippen molar-refractivity contribution in [2.24, 2.45) is 0 Å². The van der Waals surface area contributed by atoms with Crippen molar-refractivity contribution in [1.29, 1.82) is 0 Å². The van der Waals surface area contributed by atoms with Crippen LogP contribution in [0.4, 0.5) is 0 Å². The summed E-state index contributed by atoms with van der Waals surface area (Å²) >= 11 is 0. The Hall–Kier alpha value is -2.65. The first-order valence-corrected chi connectivity index (χ1v) is 9.42. The van der Waals surface area contributed by atoms with Crippen LogP contribution in [0.2, 0.25) is 0 Å². The maximum atomic E-state index is 6.17. The third-order valence-electron chi connectivity index (χ3n) is 6.40. The van der Waals surface area contributed by atoms with Gasteiger partial charge < -0.3 is 9.32 Å². The summed E-state index contributed by atoms with van der Waals surface area (Å²) in [6, 6.07) is 19.0. The zero-order chi connectivity index (χ0) is 17.1. The summed E-state index contributed by atoms with van der Waals surface area (Å²) in [6.07, 6.45) is 4.64. The van der Waals surface area contributed by atoms with Crippen LogP contribution in [0.1, 0.15) is 18.4 Å². The predicted molar refractivity (Wildman–Crippen MR) is 104 cm³/mol. The van der Waals surface area contributed by atoms with E-state index < -0.39 is 0 Å². The Morgan fingerprint density at radius 3 is 2.50 bits per heavy atom. The van der Waals surface area contributed by atoms with Crippen LogP contribution >= 0.6 is 0 Å². The van der Waals surface area contributed by atoms with Gasteiger partial charge in [0.25, 0.3) is 0 Å². The van der Waals surface area contributed by atoms with E-state index in [0.717, 1.165) is 33.2 Å². The van der Waals surface area contributed by atoms with E-state index in [0.29, 0.717) is 5.41 Å². The van der Waals surface area contributed by atoms with E-state index in [1.165, 1.54) is 38.0 Å². The quantitative estimate of drug-likeness (QED) is 0.514. The summed E-state index contributed by atoms with van der Waals surface area (Å²) in [7, 11) is 0. The number of pyridine rings is 1. The van der Waals surface area contributed by atoms with Gasteiger partial charge in [0.2, 0.25) is 0 Å². The molecule has 2 aromatic heterocycles. The van der Waals surface area contributed by atoms with Crippen molar-refractivity contribution in [3.05, 3.63) is 66.4 Å². The number of rotatable bonds is 2. The fourth-order valence-corrected chi connectivity index (χ4v) is 4.92. The Morgan fingerprint density at radius 2 is 1.73 bits per heavy atom. The number of para-hydroxylation sites is 2. The molecular weight excluding hydrogens is 320 g/mol. The smallest absolute Gasteiger partial charge is 0.144 e. The van der Waals surface area contributed by atoms with Gasteiger partial charge in [-0.2, -0.15) is 0 Å². The molecule has 2 saturated heterocycles. The monoisotopic (exact) mass is 340 g/mol. The van der Waals surface area contributed by atoms with Crippen LogP contribution in [0.5, 0.6) is 0 Å². The third kappa shape index (κ3) is 1.95. The molecule has 4 aromatic rings. The normalized spacial score (nSPS) is 24.7. The zero-order valence-electron chi connectivity index (χ0n) is 14.6. The van der Waals surface area contributed by atoms with Gasteiger partial charge in [-0.15, -0.1) is 0 Å². The van der Waals surface area contributed by atoms with Crippen molar-refractivity contribution >= 4 is 21.9 Å². The topological polar surface area (TPSA) is 29.3 Å². The van der Waals surface area contributed by atoms with Gasteiger partial charge in [-0.05, 0) is 49.7 Å². The minimum absolute atomic E-state index is 0.344. The van der Waals surface area contributed by atoms with Crippen molar-refractivity contribution in [1.82, 2.24) is 9.88 Å². The highest BCUT2D eigenvalue weighted by atomic mass is 16.3. The fourth-order valence-electron chi connectivity index (χ4n) is 4.92. The van der Waals surface area contributed by atoms with Crippen molar-refractivity contribution in [2.75, 3.05) is 19.6 Å². The minimum Gasteiger partial charge on any atom is -0.455 e. The first-order valence-electron chi connectivity index (χ1n) is 9.42. The lowest BCUT2D eigenvalue weighted by Gasteiger charge is -2.25. The highest BCUT2D eigenvalue weighted by molar-refractivity contribution is 6.09. The lowest BCUT2D eigenvalue weighted by molar-refractivity contribution is 0.364. The molecule has 0 saturated carbocycles. The van der Waals surface area contributed by atoms with Gasteiger partial charge in [0.05, 0.1) is 5.69 Å². The summed E-state index contributed by atoms with van der Waals surface area (Å²) < 4.78 is 6.17. The number of furan rings is 1. The molecule has 2 aromatic carbocycles. The molecule has 0 spiro atoms. The lowest BCUT2D eigenvalue weighted by atomic mass is 9.78. The largest absolute Gasteiger partial charge is 0.455 e. The van der Waals surface area contributed by atoms with Gasteiger partial charge in [-0.3, -0.25) is 4.98 Å². The molecule has 2 aliphatic rings. The van der Waals surface area contributed by atoms with E-state index in [1.807, 2.05) is 12.1 Å². The lowest BCUT2D eigenvalue weighted by Crippen LogP contribution is -2.24. The Kier molecular flexibility index (Phi) is 2.89. The standard InChI is InChI=1S/C23H20N2O/c1-2-7-21-17(4-1)18-5-3-6-19(22(18)26-21)20-9-8-16(14-24-20)23-10-12-25(15-23)13-11-23/h1-9,14H,10-13,15H2.